The molecule has 2 aromatic rings. The highest BCUT2D eigenvalue weighted by Crippen LogP contribution is 2.25. The molecule has 0 N–H and O–H groups in total. The Bertz CT molecular complexity index is 789. The number of benzene rings is 1. The summed E-state index contributed by atoms with van der Waals surface area (Å²) in [6, 6.07) is 8.14. The van der Waals surface area contributed by atoms with Crippen LogP contribution >= 0.6 is 0 Å². The number of carbonyl (C=O) groups excluding carboxylic acids is 1. The lowest BCUT2D eigenvalue weighted by molar-refractivity contribution is -0.0141. The Hall–Kier alpha value is -2.63. The third kappa shape index (κ3) is 4.50. The molecule has 1 atom stereocenters. The number of rotatable bonds is 4. The van der Waals surface area contributed by atoms with Gasteiger partial charge in [0, 0.05) is 18.3 Å². The number of nitrogens with zero attached hydrogens (tertiary/aromatic N) is 2. The second kappa shape index (κ2) is 7.32. The molecule has 1 amide bonds. The van der Waals surface area contributed by atoms with E-state index in [0.29, 0.717) is 18.9 Å². The molecule has 1 aliphatic heterocycles. The van der Waals surface area contributed by atoms with E-state index in [-0.39, 0.29) is 18.0 Å². The number of likely N-dealkylation sites (tertiary alicyclic amines) is 1. The SMILES string of the molecule is CC(C)(C)OC(=O)N1CC[C@H]1COc1cncc(-c2cccc(F)c2)c1. The maximum absolute atomic E-state index is 13.4. The maximum Gasteiger partial charge on any atom is 0.410 e. The Labute approximate surface area is 152 Å². The van der Waals surface area contributed by atoms with Gasteiger partial charge in [-0.2, -0.15) is 0 Å². The van der Waals surface area contributed by atoms with Crippen molar-refractivity contribution in [2.75, 3.05) is 13.2 Å². The number of hydrogen-bond donors (Lipinski definition) is 0. The molecular formula is C20H23FN2O3. The smallest absolute Gasteiger partial charge is 0.410 e. The zero-order chi connectivity index (χ0) is 18.7. The molecule has 6 heteroatoms. The summed E-state index contributed by atoms with van der Waals surface area (Å²) in [6.45, 7) is 6.58. The average Bonchev–Trinajstić information content (AvgIpc) is 2.52. The van der Waals surface area contributed by atoms with E-state index in [1.807, 2.05) is 32.9 Å². The fourth-order valence-corrected chi connectivity index (χ4v) is 2.69. The topological polar surface area (TPSA) is 51.7 Å². The van der Waals surface area contributed by atoms with E-state index in [2.05, 4.69) is 4.98 Å². The van der Waals surface area contributed by atoms with Gasteiger partial charge in [-0.05, 0) is 51.0 Å². The fraction of sp³-hybridized carbons (Fsp3) is 0.400. The van der Waals surface area contributed by atoms with Gasteiger partial charge in [0.1, 0.15) is 23.8 Å². The van der Waals surface area contributed by atoms with Crippen molar-refractivity contribution in [3.63, 3.8) is 0 Å². The predicted molar refractivity (Wildman–Crippen MR) is 96.5 cm³/mol. The first-order valence-corrected chi connectivity index (χ1v) is 8.65. The largest absolute Gasteiger partial charge is 0.490 e. The van der Waals surface area contributed by atoms with Gasteiger partial charge in [0.25, 0.3) is 0 Å². The van der Waals surface area contributed by atoms with Gasteiger partial charge >= 0.3 is 6.09 Å². The van der Waals surface area contributed by atoms with Crippen molar-refractivity contribution in [3.05, 3.63) is 48.5 Å². The first-order chi connectivity index (χ1) is 12.3. The van der Waals surface area contributed by atoms with E-state index >= 15 is 0 Å². The summed E-state index contributed by atoms with van der Waals surface area (Å²) in [4.78, 5) is 18.0. The van der Waals surface area contributed by atoms with Crippen molar-refractivity contribution in [2.45, 2.75) is 38.8 Å². The predicted octanol–water partition coefficient (Wildman–Crippen LogP) is 4.28. The Morgan fingerprint density at radius 2 is 2.08 bits per heavy atom. The van der Waals surface area contributed by atoms with Crippen LogP contribution in [0.3, 0.4) is 0 Å². The van der Waals surface area contributed by atoms with E-state index in [1.54, 1.807) is 23.4 Å². The molecule has 0 aliphatic carbocycles. The van der Waals surface area contributed by atoms with Crippen molar-refractivity contribution >= 4 is 6.09 Å². The van der Waals surface area contributed by atoms with Crippen LogP contribution in [0.4, 0.5) is 9.18 Å². The number of hydrogen-bond acceptors (Lipinski definition) is 4. The summed E-state index contributed by atoms with van der Waals surface area (Å²) in [5.41, 5.74) is 1.00. The quantitative estimate of drug-likeness (QED) is 0.819. The molecule has 5 nitrogen and oxygen atoms in total. The molecule has 0 radical (unpaired) electrons. The number of carbonyl (C=O) groups is 1. The van der Waals surface area contributed by atoms with Crippen LogP contribution in [0, 0.1) is 5.82 Å². The van der Waals surface area contributed by atoms with Gasteiger partial charge < -0.3 is 14.4 Å². The highest BCUT2D eigenvalue weighted by molar-refractivity contribution is 5.69. The molecule has 1 aromatic heterocycles. The first-order valence-electron chi connectivity index (χ1n) is 8.65. The molecule has 0 bridgehead atoms. The van der Waals surface area contributed by atoms with Crippen molar-refractivity contribution in [3.8, 4) is 16.9 Å². The summed E-state index contributed by atoms with van der Waals surface area (Å²) >= 11 is 0. The van der Waals surface area contributed by atoms with E-state index < -0.39 is 5.60 Å². The third-order valence-corrected chi connectivity index (χ3v) is 4.09. The van der Waals surface area contributed by atoms with Crippen LogP contribution in [0.5, 0.6) is 5.75 Å². The van der Waals surface area contributed by atoms with Crippen molar-refractivity contribution in [1.29, 1.82) is 0 Å². The maximum atomic E-state index is 13.4. The van der Waals surface area contributed by atoms with Gasteiger partial charge in [0.15, 0.2) is 0 Å². The molecule has 1 fully saturated rings. The van der Waals surface area contributed by atoms with E-state index in [4.69, 9.17) is 9.47 Å². The highest BCUT2D eigenvalue weighted by atomic mass is 19.1. The second-order valence-electron chi connectivity index (χ2n) is 7.35. The Balaban J connectivity index is 1.60. The molecule has 0 unspecified atom stereocenters. The molecule has 2 heterocycles. The monoisotopic (exact) mass is 358 g/mol. The molecule has 138 valence electrons. The van der Waals surface area contributed by atoms with Crippen LogP contribution in [0.25, 0.3) is 11.1 Å². The fourth-order valence-electron chi connectivity index (χ4n) is 2.69. The van der Waals surface area contributed by atoms with Gasteiger partial charge in [-0.25, -0.2) is 9.18 Å². The van der Waals surface area contributed by atoms with Crippen molar-refractivity contribution < 1.29 is 18.7 Å². The summed E-state index contributed by atoms with van der Waals surface area (Å²) in [5, 5.41) is 0. The zero-order valence-corrected chi connectivity index (χ0v) is 15.2. The normalized spacial score (nSPS) is 16.8. The van der Waals surface area contributed by atoms with Crippen molar-refractivity contribution in [1.82, 2.24) is 9.88 Å². The van der Waals surface area contributed by atoms with Crippen LogP contribution in [0.1, 0.15) is 27.2 Å². The van der Waals surface area contributed by atoms with Crippen LogP contribution in [0.2, 0.25) is 0 Å². The standard InChI is InChI=1S/C20H23FN2O3/c1-20(2,3)26-19(24)23-8-7-17(23)13-25-18-10-15(11-22-12-18)14-5-4-6-16(21)9-14/h4-6,9-12,17H,7-8,13H2,1-3H3/t17-/m0/s1. The number of halogens is 1. The Kier molecular flexibility index (Phi) is 5.11. The zero-order valence-electron chi connectivity index (χ0n) is 15.2. The molecule has 1 aliphatic rings. The van der Waals surface area contributed by atoms with E-state index in [0.717, 1.165) is 17.5 Å². The van der Waals surface area contributed by atoms with Gasteiger partial charge in [0.2, 0.25) is 0 Å². The molecule has 1 aromatic carbocycles. The Morgan fingerprint density at radius 1 is 1.27 bits per heavy atom. The summed E-state index contributed by atoms with van der Waals surface area (Å²) < 4.78 is 24.6. The van der Waals surface area contributed by atoms with Crippen LogP contribution in [-0.2, 0) is 4.74 Å². The van der Waals surface area contributed by atoms with Gasteiger partial charge in [0.05, 0.1) is 12.2 Å². The van der Waals surface area contributed by atoms with Gasteiger partial charge in [-0.1, -0.05) is 12.1 Å². The number of aromatic nitrogens is 1. The Morgan fingerprint density at radius 3 is 2.73 bits per heavy atom. The van der Waals surface area contributed by atoms with E-state index in [1.165, 1.54) is 12.1 Å². The first kappa shape index (κ1) is 18.2. The lowest BCUT2D eigenvalue weighted by Crippen LogP contribution is -2.55. The molecular weight excluding hydrogens is 335 g/mol. The van der Waals surface area contributed by atoms with Crippen molar-refractivity contribution in [2.24, 2.45) is 0 Å². The number of ether oxygens (including phenoxy) is 2. The third-order valence-electron chi connectivity index (χ3n) is 4.09. The number of pyridine rings is 1. The average molecular weight is 358 g/mol. The highest BCUT2D eigenvalue weighted by Gasteiger charge is 2.35. The lowest BCUT2D eigenvalue weighted by Gasteiger charge is -2.40. The molecule has 1 saturated heterocycles. The minimum absolute atomic E-state index is 0.0114. The summed E-state index contributed by atoms with van der Waals surface area (Å²) in [7, 11) is 0. The van der Waals surface area contributed by atoms with Gasteiger partial charge in [-0.15, -0.1) is 0 Å². The lowest BCUT2D eigenvalue weighted by atomic mass is 10.1. The minimum Gasteiger partial charge on any atom is -0.490 e. The summed E-state index contributed by atoms with van der Waals surface area (Å²) in [6.07, 6.45) is 3.83. The molecule has 3 rings (SSSR count). The number of amides is 1. The van der Waals surface area contributed by atoms with Crippen LogP contribution in [0.15, 0.2) is 42.7 Å². The molecule has 0 spiro atoms. The summed E-state index contributed by atoms with van der Waals surface area (Å²) in [5.74, 6) is 0.291. The van der Waals surface area contributed by atoms with E-state index in [9.17, 15) is 9.18 Å². The molecule has 26 heavy (non-hydrogen) atoms. The van der Waals surface area contributed by atoms with Crippen LogP contribution < -0.4 is 4.74 Å². The molecule has 0 saturated carbocycles. The van der Waals surface area contributed by atoms with Gasteiger partial charge in [-0.3, -0.25) is 4.98 Å². The second-order valence-corrected chi connectivity index (χ2v) is 7.35. The van der Waals surface area contributed by atoms with Crippen LogP contribution in [-0.4, -0.2) is 40.8 Å². The minimum atomic E-state index is -0.513.